The van der Waals surface area contributed by atoms with Gasteiger partial charge in [-0.2, -0.15) is 8.78 Å². The van der Waals surface area contributed by atoms with Crippen LogP contribution in [-0.4, -0.2) is 66.6 Å². The number of likely N-dealkylation sites (tertiary alicyclic amines) is 1. The van der Waals surface area contributed by atoms with Gasteiger partial charge in [-0.3, -0.25) is 4.79 Å². The third-order valence-corrected chi connectivity index (χ3v) is 5.83. The molecule has 1 amide bonds. The van der Waals surface area contributed by atoms with Gasteiger partial charge in [-0.1, -0.05) is 6.92 Å². The van der Waals surface area contributed by atoms with Gasteiger partial charge in [0.1, 0.15) is 29.9 Å². The van der Waals surface area contributed by atoms with E-state index in [-0.39, 0.29) is 55.4 Å². The molecule has 1 heterocycles. The second kappa shape index (κ2) is 10.8. The number of methoxy groups -OCH3 is 1. The lowest BCUT2D eigenvalue weighted by Gasteiger charge is -2.42. The van der Waals surface area contributed by atoms with Crippen LogP contribution >= 0.6 is 0 Å². The van der Waals surface area contributed by atoms with Crippen LogP contribution in [0.5, 0.6) is 11.5 Å². The largest absolute Gasteiger partial charge is 0.493 e. The summed E-state index contributed by atoms with van der Waals surface area (Å²) in [5.74, 6) is -1.86. The van der Waals surface area contributed by atoms with Crippen LogP contribution in [0.2, 0.25) is 0 Å². The lowest BCUT2D eigenvalue weighted by Crippen LogP contribution is -2.55. The van der Waals surface area contributed by atoms with E-state index in [0.717, 1.165) is 12.1 Å². The number of carbonyl (C=O) groups is 1. The lowest BCUT2D eigenvalue weighted by molar-refractivity contribution is -0.241. The summed E-state index contributed by atoms with van der Waals surface area (Å²) in [5, 5.41) is 21.5. The van der Waals surface area contributed by atoms with E-state index in [1.54, 1.807) is 0 Å². The Kier molecular flexibility index (Phi) is 8.24. The molecule has 11 heteroatoms. The molecule has 2 N–H and O–H groups in total. The van der Waals surface area contributed by atoms with Gasteiger partial charge in [0.15, 0.2) is 11.5 Å². The standard InChI is InChI=1S/C24H27F4NO6/c1-3-24(27,28)35-9-8-34-19-5-4-15(10-20(19)33-2)22(31)29-7-6-23(32,21(30)14-29)16-11-17(25)13-18(26)12-16/h4-5,10-13,21,30,32H,3,6-9,14H2,1-2H3. The summed E-state index contributed by atoms with van der Waals surface area (Å²) in [6, 6.07) is 6.83. The molecule has 1 aliphatic rings. The molecule has 3 rings (SSSR count). The van der Waals surface area contributed by atoms with Gasteiger partial charge in [-0.25, -0.2) is 8.78 Å². The number of halogens is 4. The van der Waals surface area contributed by atoms with Crippen LogP contribution in [0, 0.1) is 11.6 Å². The fourth-order valence-corrected chi connectivity index (χ4v) is 3.80. The van der Waals surface area contributed by atoms with Gasteiger partial charge in [0.05, 0.1) is 20.3 Å². The molecule has 7 nitrogen and oxygen atoms in total. The molecule has 1 aliphatic heterocycles. The fourth-order valence-electron chi connectivity index (χ4n) is 3.80. The number of alkyl halides is 2. The average molecular weight is 501 g/mol. The first-order valence-corrected chi connectivity index (χ1v) is 11.0. The summed E-state index contributed by atoms with van der Waals surface area (Å²) < 4.78 is 68.6. The summed E-state index contributed by atoms with van der Waals surface area (Å²) in [6.07, 6.45) is -5.34. The van der Waals surface area contributed by atoms with Gasteiger partial charge in [0.2, 0.25) is 0 Å². The molecular weight excluding hydrogens is 474 g/mol. The summed E-state index contributed by atoms with van der Waals surface area (Å²) in [5.41, 5.74) is -1.85. The number of hydrogen-bond donors (Lipinski definition) is 2. The Balaban J connectivity index is 1.66. The average Bonchev–Trinajstić information content (AvgIpc) is 2.82. The predicted molar refractivity (Wildman–Crippen MR) is 116 cm³/mol. The van der Waals surface area contributed by atoms with Crippen molar-refractivity contribution in [2.24, 2.45) is 0 Å². The van der Waals surface area contributed by atoms with Crippen molar-refractivity contribution in [1.82, 2.24) is 4.90 Å². The van der Waals surface area contributed by atoms with Crippen LogP contribution in [0.25, 0.3) is 0 Å². The normalized spacial score (nSPS) is 20.6. The smallest absolute Gasteiger partial charge is 0.355 e. The van der Waals surface area contributed by atoms with Crippen molar-refractivity contribution in [3.05, 3.63) is 59.2 Å². The number of benzene rings is 2. The van der Waals surface area contributed by atoms with E-state index >= 15 is 0 Å². The van der Waals surface area contributed by atoms with E-state index in [1.807, 2.05) is 0 Å². The Morgan fingerprint density at radius 2 is 1.83 bits per heavy atom. The molecule has 2 aromatic rings. The van der Waals surface area contributed by atoms with Crippen molar-refractivity contribution < 1.29 is 46.8 Å². The maximum Gasteiger partial charge on any atom is 0.355 e. The van der Waals surface area contributed by atoms with Crippen molar-refractivity contribution in [2.75, 3.05) is 33.4 Å². The molecule has 0 spiro atoms. The molecule has 0 saturated carbocycles. The van der Waals surface area contributed by atoms with E-state index in [4.69, 9.17) is 9.47 Å². The Morgan fingerprint density at radius 1 is 1.14 bits per heavy atom. The highest BCUT2D eigenvalue weighted by Crippen LogP contribution is 2.35. The van der Waals surface area contributed by atoms with Gasteiger partial charge in [-0.15, -0.1) is 0 Å². The second-order valence-electron chi connectivity index (χ2n) is 8.15. The third-order valence-electron chi connectivity index (χ3n) is 5.83. The highest BCUT2D eigenvalue weighted by Gasteiger charge is 2.44. The molecule has 192 valence electrons. The third kappa shape index (κ3) is 6.22. The first-order chi connectivity index (χ1) is 16.5. The number of aliphatic hydroxyl groups excluding tert-OH is 1. The van der Waals surface area contributed by atoms with Crippen molar-refractivity contribution in [3.8, 4) is 11.5 Å². The summed E-state index contributed by atoms with van der Waals surface area (Å²) >= 11 is 0. The van der Waals surface area contributed by atoms with Gasteiger partial charge in [0, 0.05) is 31.0 Å². The van der Waals surface area contributed by atoms with Gasteiger partial charge in [0.25, 0.3) is 5.91 Å². The topological polar surface area (TPSA) is 88.5 Å². The number of piperidine rings is 1. The van der Waals surface area contributed by atoms with Crippen molar-refractivity contribution in [1.29, 1.82) is 0 Å². The molecule has 0 bridgehead atoms. The summed E-state index contributed by atoms with van der Waals surface area (Å²) in [6.45, 7) is 0.499. The summed E-state index contributed by atoms with van der Waals surface area (Å²) in [7, 11) is 1.35. The molecule has 1 fully saturated rings. The van der Waals surface area contributed by atoms with Crippen LogP contribution in [0.15, 0.2) is 36.4 Å². The maximum absolute atomic E-state index is 13.6. The van der Waals surface area contributed by atoms with Crippen molar-refractivity contribution >= 4 is 5.91 Å². The number of rotatable bonds is 9. The summed E-state index contributed by atoms with van der Waals surface area (Å²) in [4.78, 5) is 14.3. The number of hydrogen-bond acceptors (Lipinski definition) is 6. The van der Waals surface area contributed by atoms with E-state index in [2.05, 4.69) is 4.74 Å². The number of ether oxygens (including phenoxy) is 3. The monoisotopic (exact) mass is 501 g/mol. The quantitative estimate of drug-likeness (QED) is 0.404. The van der Waals surface area contributed by atoms with Crippen molar-refractivity contribution in [3.63, 3.8) is 0 Å². The lowest BCUT2D eigenvalue weighted by atomic mass is 9.82. The van der Waals surface area contributed by atoms with E-state index < -0.39 is 41.8 Å². The fraction of sp³-hybridized carbons (Fsp3) is 0.458. The SMILES string of the molecule is CCC(F)(F)OCCOc1ccc(C(=O)N2CCC(O)(c3cc(F)cc(F)c3)C(O)C2)cc1OC. The Hall–Kier alpha value is -2.89. The Bertz CT molecular complexity index is 1030. The zero-order valence-electron chi connectivity index (χ0n) is 19.3. The molecule has 2 atom stereocenters. The number of amides is 1. The molecule has 2 unspecified atom stereocenters. The Morgan fingerprint density at radius 3 is 2.43 bits per heavy atom. The molecule has 0 aromatic heterocycles. The van der Waals surface area contributed by atoms with Gasteiger partial charge in [-0.05, 0) is 35.9 Å². The zero-order chi connectivity index (χ0) is 25.8. The number of aliphatic hydroxyl groups is 2. The molecule has 0 radical (unpaired) electrons. The van der Waals surface area contributed by atoms with Crippen LogP contribution in [-0.2, 0) is 10.3 Å². The minimum atomic E-state index is -3.24. The van der Waals surface area contributed by atoms with E-state index in [9.17, 15) is 32.6 Å². The van der Waals surface area contributed by atoms with Crippen molar-refractivity contribution in [2.45, 2.75) is 37.6 Å². The molecular formula is C24H27F4NO6. The molecule has 0 aliphatic carbocycles. The molecule has 1 saturated heterocycles. The first kappa shape index (κ1) is 26.7. The first-order valence-electron chi connectivity index (χ1n) is 11.0. The molecule has 2 aromatic carbocycles. The number of carbonyl (C=O) groups excluding carboxylic acids is 1. The molecule has 35 heavy (non-hydrogen) atoms. The minimum Gasteiger partial charge on any atom is -0.493 e. The van der Waals surface area contributed by atoms with E-state index in [1.165, 1.54) is 37.1 Å². The maximum atomic E-state index is 13.6. The highest BCUT2D eigenvalue weighted by molar-refractivity contribution is 5.95. The number of nitrogens with zero attached hydrogens (tertiary/aromatic N) is 1. The van der Waals surface area contributed by atoms with Crippen LogP contribution in [0.1, 0.15) is 35.7 Å². The van der Waals surface area contributed by atoms with Crippen LogP contribution in [0.3, 0.4) is 0 Å². The Labute approximate surface area is 199 Å². The van der Waals surface area contributed by atoms with E-state index in [0.29, 0.717) is 6.07 Å². The van der Waals surface area contributed by atoms with Crippen LogP contribution < -0.4 is 9.47 Å². The zero-order valence-corrected chi connectivity index (χ0v) is 19.3. The minimum absolute atomic E-state index is 0.00801. The predicted octanol–water partition coefficient (Wildman–Crippen LogP) is 3.47. The highest BCUT2D eigenvalue weighted by atomic mass is 19.3. The van der Waals surface area contributed by atoms with Crippen LogP contribution in [0.4, 0.5) is 17.6 Å². The van der Waals surface area contributed by atoms with Gasteiger partial charge >= 0.3 is 6.11 Å². The number of β-amino-alcohol motifs (C(OH)–C–C–N with tert-alkyl or cyclic N) is 1. The second-order valence-corrected chi connectivity index (χ2v) is 8.15. The van der Waals surface area contributed by atoms with Gasteiger partial charge < -0.3 is 29.3 Å².